The Morgan fingerprint density at radius 1 is 1.30 bits per heavy atom. The molecule has 5 heteroatoms. The smallest absolute Gasteiger partial charge is 0.315 e. The first-order valence-corrected chi connectivity index (χ1v) is 6.98. The Morgan fingerprint density at radius 3 is 2.55 bits per heavy atom. The number of likely N-dealkylation sites (tertiary alicyclic amines) is 1. The largest absolute Gasteiger partial charge is 0.334 e. The van der Waals surface area contributed by atoms with E-state index in [0.29, 0.717) is 30.7 Å². The highest BCUT2D eigenvalue weighted by Gasteiger charge is 2.29. The second-order valence-electron chi connectivity index (χ2n) is 5.83. The third-order valence-corrected chi connectivity index (χ3v) is 3.51. The monoisotopic (exact) mass is 275 g/mol. The Bertz CT molecular complexity index is 506. The number of carbonyl (C=O) groups is 2. The summed E-state index contributed by atoms with van der Waals surface area (Å²) in [6.45, 7) is 7.43. The van der Waals surface area contributed by atoms with Crippen molar-refractivity contribution in [2.24, 2.45) is 11.8 Å². The van der Waals surface area contributed by atoms with E-state index in [-0.39, 0.29) is 0 Å². The third-order valence-electron chi connectivity index (χ3n) is 3.51. The van der Waals surface area contributed by atoms with Gasteiger partial charge < -0.3 is 10.2 Å². The van der Waals surface area contributed by atoms with Crippen LogP contribution in [0.3, 0.4) is 0 Å². The number of piperidine rings is 1. The average Bonchev–Trinajstić information content (AvgIpc) is 2.36. The molecule has 0 aromatic carbocycles. The molecule has 1 aliphatic rings. The van der Waals surface area contributed by atoms with Crippen LogP contribution in [0.2, 0.25) is 0 Å². The lowest BCUT2D eigenvalue weighted by molar-refractivity contribution is -0.145. The van der Waals surface area contributed by atoms with Crippen molar-refractivity contribution in [3.63, 3.8) is 0 Å². The summed E-state index contributed by atoms with van der Waals surface area (Å²) in [5, 5.41) is 2.57. The molecule has 1 aliphatic heterocycles. The Kier molecular flexibility index (Phi) is 4.37. The molecule has 2 unspecified atom stereocenters. The van der Waals surface area contributed by atoms with Crippen LogP contribution < -0.4 is 5.32 Å². The van der Waals surface area contributed by atoms with Gasteiger partial charge in [0.15, 0.2) is 0 Å². The molecule has 5 nitrogen and oxygen atoms in total. The lowest BCUT2D eigenvalue weighted by Crippen LogP contribution is -2.47. The Hall–Kier alpha value is -1.91. The number of hydrogen-bond acceptors (Lipinski definition) is 3. The number of aryl methyl sites for hydroxylation is 1. The molecular formula is C15H21N3O2. The van der Waals surface area contributed by atoms with E-state index in [1.807, 2.05) is 13.0 Å². The predicted octanol–water partition coefficient (Wildman–Crippen LogP) is 1.83. The highest BCUT2D eigenvalue weighted by Crippen LogP contribution is 2.21. The fraction of sp³-hybridized carbons (Fsp3) is 0.533. The number of carbonyl (C=O) groups excluding carboxylic acids is 2. The van der Waals surface area contributed by atoms with Crippen molar-refractivity contribution >= 4 is 17.6 Å². The Balaban J connectivity index is 2.00. The summed E-state index contributed by atoms with van der Waals surface area (Å²) in [7, 11) is 0. The molecule has 2 atom stereocenters. The normalized spacial score (nSPS) is 22.4. The van der Waals surface area contributed by atoms with Crippen LogP contribution in [0.5, 0.6) is 0 Å². The van der Waals surface area contributed by atoms with Crippen molar-refractivity contribution in [1.82, 2.24) is 9.88 Å². The standard InChI is InChI=1S/C15H21N3O2/c1-10-4-5-16-13(7-10)17-14(19)15(20)18-8-11(2)6-12(3)9-18/h4-5,7,11-12H,6,8-9H2,1-3H3,(H,16,17,19). The average molecular weight is 275 g/mol. The fourth-order valence-electron chi connectivity index (χ4n) is 2.75. The van der Waals surface area contributed by atoms with Gasteiger partial charge >= 0.3 is 11.8 Å². The molecule has 0 spiro atoms. The number of pyridine rings is 1. The molecule has 1 N–H and O–H groups in total. The van der Waals surface area contributed by atoms with Gasteiger partial charge in [0.2, 0.25) is 0 Å². The van der Waals surface area contributed by atoms with Crippen molar-refractivity contribution < 1.29 is 9.59 Å². The first kappa shape index (κ1) is 14.5. The van der Waals surface area contributed by atoms with Crippen LogP contribution in [0.15, 0.2) is 18.3 Å². The molecule has 1 aromatic rings. The van der Waals surface area contributed by atoms with E-state index in [0.717, 1.165) is 12.0 Å². The van der Waals surface area contributed by atoms with Crippen molar-refractivity contribution in [3.8, 4) is 0 Å². The molecule has 1 saturated heterocycles. The lowest BCUT2D eigenvalue weighted by atomic mass is 9.92. The summed E-state index contributed by atoms with van der Waals surface area (Å²) in [6, 6.07) is 3.58. The molecular weight excluding hydrogens is 254 g/mol. The molecule has 108 valence electrons. The van der Waals surface area contributed by atoms with Gasteiger partial charge in [-0.25, -0.2) is 4.98 Å². The number of nitrogens with zero attached hydrogens (tertiary/aromatic N) is 2. The summed E-state index contributed by atoms with van der Waals surface area (Å²) in [4.78, 5) is 29.8. The molecule has 2 heterocycles. The number of nitrogens with one attached hydrogen (secondary N) is 1. The van der Waals surface area contributed by atoms with E-state index in [4.69, 9.17) is 0 Å². The minimum absolute atomic E-state index is 0.418. The van der Waals surface area contributed by atoms with Gasteiger partial charge in [-0.3, -0.25) is 9.59 Å². The summed E-state index contributed by atoms with van der Waals surface area (Å²) < 4.78 is 0. The van der Waals surface area contributed by atoms with Crippen molar-refractivity contribution in [2.45, 2.75) is 27.2 Å². The molecule has 2 amide bonds. The highest BCUT2D eigenvalue weighted by atomic mass is 16.2. The zero-order valence-corrected chi connectivity index (χ0v) is 12.2. The zero-order chi connectivity index (χ0) is 14.7. The summed E-state index contributed by atoms with van der Waals surface area (Å²) in [6.07, 6.45) is 2.71. The van der Waals surface area contributed by atoms with E-state index in [2.05, 4.69) is 24.1 Å². The molecule has 2 rings (SSSR count). The number of rotatable bonds is 1. The van der Waals surface area contributed by atoms with E-state index >= 15 is 0 Å². The summed E-state index contributed by atoms with van der Waals surface area (Å²) in [5.41, 5.74) is 0.989. The van der Waals surface area contributed by atoms with E-state index < -0.39 is 11.8 Å². The molecule has 1 fully saturated rings. The van der Waals surface area contributed by atoms with Crippen molar-refractivity contribution in [2.75, 3.05) is 18.4 Å². The van der Waals surface area contributed by atoms with E-state index in [9.17, 15) is 9.59 Å². The van der Waals surface area contributed by atoms with Crippen LogP contribution in [0.1, 0.15) is 25.8 Å². The highest BCUT2D eigenvalue weighted by molar-refractivity contribution is 6.39. The lowest BCUT2D eigenvalue weighted by Gasteiger charge is -2.34. The topological polar surface area (TPSA) is 62.3 Å². The molecule has 1 aromatic heterocycles. The van der Waals surface area contributed by atoms with Gasteiger partial charge in [0.05, 0.1) is 0 Å². The second-order valence-corrected chi connectivity index (χ2v) is 5.83. The van der Waals surface area contributed by atoms with Gasteiger partial charge in [0.1, 0.15) is 5.82 Å². The third kappa shape index (κ3) is 3.56. The molecule has 0 bridgehead atoms. The number of aromatic nitrogens is 1. The van der Waals surface area contributed by atoms with Gasteiger partial charge in [-0.05, 0) is 42.9 Å². The molecule has 0 radical (unpaired) electrons. The minimum Gasteiger partial charge on any atom is -0.334 e. The number of amides is 2. The minimum atomic E-state index is -0.607. The fourth-order valence-corrected chi connectivity index (χ4v) is 2.75. The van der Waals surface area contributed by atoms with Gasteiger partial charge in [-0.15, -0.1) is 0 Å². The summed E-state index contributed by atoms with van der Waals surface area (Å²) >= 11 is 0. The molecule has 0 saturated carbocycles. The summed E-state index contributed by atoms with van der Waals surface area (Å²) in [5.74, 6) is 0.220. The number of anilines is 1. The zero-order valence-electron chi connectivity index (χ0n) is 12.2. The first-order chi connectivity index (χ1) is 9.45. The first-order valence-electron chi connectivity index (χ1n) is 6.98. The maximum atomic E-state index is 12.2. The SMILES string of the molecule is Cc1ccnc(NC(=O)C(=O)N2CC(C)CC(C)C2)c1. The van der Waals surface area contributed by atoms with Crippen LogP contribution >= 0.6 is 0 Å². The Labute approximate surface area is 119 Å². The van der Waals surface area contributed by atoms with E-state index in [1.54, 1.807) is 17.2 Å². The maximum Gasteiger partial charge on any atom is 0.315 e. The van der Waals surface area contributed by atoms with Crippen LogP contribution in [0.25, 0.3) is 0 Å². The van der Waals surface area contributed by atoms with E-state index in [1.165, 1.54) is 0 Å². The predicted molar refractivity (Wildman–Crippen MR) is 77.1 cm³/mol. The number of hydrogen-bond donors (Lipinski definition) is 1. The molecule has 20 heavy (non-hydrogen) atoms. The Morgan fingerprint density at radius 2 is 1.95 bits per heavy atom. The maximum absolute atomic E-state index is 12.2. The van der Waals surface area contributed by atoms with Crippen LogP contribution in [0, 0.1) is 18.8 Å². The van der Waals surface area contributed by atoms with Gasteiger partial charge in [-0.1, -0.05) is 13.8 Å². The van der Waals surface area contributed by atoms with Gasteiger partial charge in [0.25, 0.3) is 0 Å². The quantitative estimate of drug-likeness (QED) is 0.795. The van der Waals surface area contributed by atoms with Gasteiger partial charge in [-0.2, -0.15) is 0 Å². The van der Waals surface area contributed by atoms with Crippen molar-refractivity contribution in [1.29, 1.82) is 0 Å². The van der Waals surface area contributed by atoms with Crippen LogP contribution in [0.4, 0.5) is 5.82 Å². The van der Waals surface area contributed by atoms with Gasteiger partial charge in [0, 0.05) is 19.3 Å². The van der Waals surface area contributed by atoms with Crippen molar-refractivity contribution in [3.05, 3.63) is 23.9 Å². The van der Waals surface area contributed by atoms with Crippen LogP contribution in [-0.4, -0.2) is 34.8 Å². The molecule has 0 aliphatic carbocycles. The van der Waals surface area contributed by atoms with Crippen LogP contribution in [-0.2, 0) is 9.59 Å². The second kappa shape index (κ2) is 6.03.